The zero-order chi connectivity index (χ0) is 14.6. The molecule has 1 aromatic rings. The Morgan fingerprint density at radius 1 is 1.00 bits per heavy atom. The molecule has 0 radical (unpaired) electrons. The molecule has 4 bridgehead atoms. The van der Waals surface area contributed by atoms with E-state index in [0.717, 1.165) is 18.4 Å². The van der Waals surface area contributed by atoms with Crippen LogP contribution in [0.5, 0.6) is 0 Å². The SMILES string of the molecule is Cc1ccc(S(=O)(=O)OC2CC3CC4OC2CC4O3)cc1. The van der Waals surface area contributed by atoms with Gasteiger partial charge in [0.1, 0.15) is 6.10 Å². The predicted octanol–water partition coefficient (Wildman–Crippen LogP) is 1.79. The Morgan fingerprint density at radius 2 is 1.71 bits per heavy atom. The molecule has 6 heteroatoms. The second-order valence-electron chi connectivity index (χ2n) is 6.12. The molecule has 0 spiro atoms. The van der Waals surface area contributed by atoms with Crippen molar-refractivity contribution in [3.8, 4) is 0 Å². The summed E-state index contributed by atoms with van der Waals surface area (Å²) in [4.78, 5) is 0.195. The highest BCUT2D eigenvalue weighted by Crippen LogP contribution is 2.43. The highest BCUT2D eigenvalue weighted by molar-refractivity contribution is 7.86. The topological polar surface area (TPSA) is 61.8 Å². The Hall–Kier alpha value is -0.950. The van der Waals surface area contributed by atoms with Crippen molar-refractivity contribution in [2.24, 2.45) is 0 Å². The minimum absolute atomic E-state index is 0.0608. The standard InChI is InChI=1S/C15H18O5S/c1-9-2-4-11(5-3-9)21(16,17)20-15-7-10-6-12-13(18-10)8-14(15)19-12/h2-5,10,12-15H,6-8H2,1H3. The van der Waals surface area contributed by atoms with Crippen molar-refractivity contribution >= 4 is 10.1 Å². The maximum atomic E-state index is 12.4. The van der Waals surface area contributed by atoms with E-state index in [4.69, 9.17) is 13.7 Å². The number of benzene rings is 1. The molecule has 4 fully saturated rings. The fourth-order valence-corrected chi connectivity index (χ4v) is 4.60. The molecule has 1 aromatic carbocycles. The van der Waals surface area contributed by atoms with Gasteiger partial charge in [-0.05, 0) is 19.1 Å². The fourth-order valence-electron chi connectivity index (χ4n) is 3.49. The molecule has 5 rings (SSSR count). The van der Waals surface area contributed by atoms with Crippen LogP contribution in [0.3, 0.4) is 0 Å². The molecule has 4 saturated heterocycles. The van der Waals surface area contributed by atoms with Crippen molar-refractivity contribution < 1.29 is 22.1 Å². The van der Waals surface area contributed by atoms with E-state index in [1.54, 1.807) is 24.3 Å². The van der Waals surface area contributed by atoms with Gasteiger partial charge >= 0.3 is 0 Å². The molecule has 4 aliphatic rings. The van der Waals surface area contributed by atoms with Crippen LogP contribution in [-0.4, -0.2) is 38.9 Å². The molecular formula is C15H18O5S. The number of hydrogen-bond donors (Lipinski definition) is 0. The lowest BCUT2D eigenvalue weighted by Gasteiger charge is -2.21. The first-order chi connectivity index (χ1) is 10.0. The Morgan fingerprint density at radius 3 is 2.43 bits per heavy atom. The summed E-state index contributed by atoms with van der Waals surface area (Å²) < 4.78 is 42.0. The van der Waals surface area contributed by atoms with E-state index < -0.39 is 16.2 Å². The monoisotopic (exact) mass is 310 g/mol. The molecular weight excluding hydrogens is 292 g/mol. The van der Waals surface area contributed by atoms with E-state index in [1.807, 2.05) is 6.92 Å². The lowest BCUT2D eigenvalue weighted by Crippen LogP contribution is -2.31. The summed E-state index contributed by atoms with van der Waals surface area (Å²) in [5, 5.41) is 0. The third kappa shape index (κ3) is 2.40. The second kappa shape index (κ2) is 4.78. The Balaban J connectivity index is 1.56. The Kier molecular flexibility index (Phi) is 3.11. The number of aryl methyl sites for hydroxylation is 1. The molecule has 4 aliphatic heterocycles. The van der Waals surface area contributed by atoms with Gasteiger partial charge in [-0.3, -0.25) is 4.18 Å². The zero-order valence-corrected chi connectivity index (χ0v) is 12.6. The molecule has 5 unspecified atom stereocenters. The Bertz CT molecular complexity index is 625. The van der Waals surface area contributed by atoms with Crippen molar-refractivity contribution in [3.63, 3.8) is 0 Å². The predicted molar refractivity (Wildman–Crippen MR) is 74.4 cm³/mol. The number of rotatable bonds is 3. The number of hydrogen-bond acceptors (Lipinski definition) is 5. The zero-order valence-electron chi connectivity index (χ0n) is 11.8. The quantitative estimate of drug-likeness (QED) is 0.797. The van der Waals surface area contributed by atoms with Crippen LogP contribution >= 0.6 is 0 Å². The van der Waals surface area contributed by atoms with Gasteiger partial charge in [0.15, 0.2) is 0 Å². The van der Waals surface area contributed by atoms with Gasteiger partial charge in [0.2, 0.25) is 0 Å². The average Bonchev–Trinajstić information content (AvgIpc) is 2.85. The highest BCUT2D eigenvalue weighted by Gasteiger charge is 2.52. The number of ether oxygens (including phenoxy) is 2. The Labute approximate surface area is 124 Å². The molecule has 114 valence electrons. The van der Waals surface area contributed by atoms with E-state index in [1.165, 1.54) is 0 Å². The van der Waals surface area contributed by atoms with Gasteiger partial charge in [-0.15, -0.1) is 0 Å². The molecule has 4 heterocycles. The van der Waals surface area contributed by atoms with E-state index in [0.29, 0.717) is 6.42 Å². The van der Waals surface area contributed by atoms with Crippen LogP contribution in [0.25, 0.3) is 0 Å². The van der Waals surface area contributed by atoms with Crippen LogP contribution < -0.4 is 0 Å². The average molecular weight is 310 g/mol. The summed E-state index contributed by atoms with van der Waals surface area (Å²) in [6.45, 7) is 1.92. The summed E-state index contributed by atoms with van der Waals surface area (Å²) in [6.07, 6.45) is 1.85. The van der Waals surface area contributed by atoms with Gasteiger partial charge in [-0.2, -0.15) is 8.42 Å². The van der Waals surface area contributed by atoms with Crippen molar-refractivity contribution in [1.29, 1.82) is 0 Å². The van der Waals surface area contributed by atoms with E-state index in [-0.39, 0.29) is 29.3 Å². The summed E-state index contributed by atoms with van der Waals surface area (Å²) in [5.74, 6) is 0. The van der Waals surface area contributed by atoms with Crippen LogP contribution in [0.2, 0.25) is 0 Å². The molecule has 0 aromatic heterocycles. The van der Waals surface area contributed by atoms with Crippen LogP contribution in [0, 0.1) is 6.92 Å². The van der Waals surface area contributed by atoms with Crippen molar-refractivity contribution in [3.05, 3.63) is 29.8 Å². The first-order valence-electron chi connectivity index (χ1n) is 7.32. The summed E-state index contributed by atoms with van der Waals surface area (Å²) in [7, 11) is -3.76. The third-order valence-corrected chi connectivity index (χ3v) is 5.91. The highest BCUT2D eigenvalue weighted by atomic mass is 32.2. The van der Waals surface area contributed by atoms with Gasteiger partial charge in [-0.25, -0.2) is 0 Å². The normalized spacial score (nSPS) is 37.9. The summed E-state index contributed by atoms with van der Waals surface area (Å²) in [5.41, 5.74) is 1.01. The molecule has 0 aliphatic carbocycles. The summed E-state index contributed by atoms with van der Waals surface area (Å²) >= 11 is 0. The fraction of sp³-hybridized carbons (Fsp3) is 0.600. The minimum Gasteiger partial charge on any atom is -0.372 e. The van der Waals surface area contributed by atoms with Gasteiger partial charge < -0.3 is 9.47 Å². The number of fused-ring (bicyclic) bond motifs is 1. The van der Waals surface area contributed by atoms with Crippen molar-refractivity contribution in [2.75, 3.05) is 0 Å². The lowest BCUT2D eigenvalue weighted by molar-refractivity contribution is -0.0353. The summed E-state index contributed by atoms with van der Waals surface area (Å²) in [6, 6.07) is 6.70. The van der Waals surface area contributed by atoms with E-state index in [9.17, 15) is 8.42 Å². The van der Waals surface area contributed by atoms with Crippen LogP contribution in [0.15, 0.2) is 29.2 Å². The lowest BCUT2D eigenvalue weighted by atomic mass is 9.99. The maximum absolute atomic E-state index is 12.4. The van der Waals surface area contributed by atoms with Gasteiger partial charge in [0.05, 0.1) is 29.3 Å². The van der Waals surface area contributed by atoms with Crippen molar-refractivity contribution in [2.45, 2.75) is 61.6 Å². The van der Waals surface area contributed by atoms with Crippen LogP contribution in [-0.2, 0) is 23.8 Å². The minimum atomic E-state index is -3.76. The van der Waals surface area contributed by atoms with E-state index >= 15 is 0 Å². The van der Waals surface area contributed by atoms with Crippen LogP contribution in [0.1, 0.15) is 24.8 Å². The van der Waals surface area contributed by atoms with E-state index in [2.05, 4.69) is 0 Å². The van der Waals surface area contributed by atoms with Gasteiger partial charge in [0.25, 0.3) is 10.1 Å². The molecule has 5 nitrogen and oxygen atoms in total. The largest absolute Gasteiger partial charge is 0.372 e. The molecule has 0 saturated carbocycles. The molecule has 5 atom stereocenters. The first-order valence-corrected chi connectivity index (χ1v) is 8.73. The van der Waals surface area contributed by atoms with Crippen molar-refractivity contribution in [1.82, 2.24) is 0 Å². The van der Waals surface area contributed by atoms with Gasteiger partial charge in [0, 0.05) is 19.3 Å². The molecule has 0 amide bonds. The maximum Gasteiger partial charge on any atom is 0.297 e. The first kappa shape index (κ1) is 13.7. The smallest absolute Gasteiger partial charge is 0.297 e. The molecule has 21 heavy (non-hydrogen) atoms. The molecule has 0 N–H and O–H groups in total. The second-order valence-corrected chi connectivity index (χ2v) is 7.69. The third-order valence-electron chi connectivity index (χ3n) is 4.56. The van der Waals surface area contributed by atoms with Gasteiger partial charge in [-0.1, -0.05) is 17.7 Å². The van der Waals surface area contributed by atoms with Crippen LogP contribution in [0.4, 0.5) is 0 Å².